The highest BCUT2D eigenvalue weighted by Gasteiger charge is 2.37. The first kappa shape index (κ1) is 13.6. The summed E-state index contributed by atoms with van der Waals surface area (Å²) < 4.78 is 37.1. The van der Waals surface area contributed by atoms with Crippen LogP contribution in [0, 0.1) is 5.41 Å². The van der Waals surface area contributed by atoms with E-state index < -0.39 is 11.9 Å². The second-order valence-corrected chi connectivity index (χ2v) is 5.57. The minimum absolute atomic E-state index is 0.0405. The molecule has 0 saturated heterocycles. The lowest BCUT2D eigenvalue weighted by molar-refractivity contribution is -0.140. The maximum Gasteiger partial charge on any atom is 0.434 e. The summed E-state index contributed by atoms with van der Waals surface area (Å²) in [5.74, 6) is 0. The maximum absolute atomic E-state index is 12.4. The Hall–Kier alpha value is -0.820. The fraction of sp³-hybridized carbons (Fsp3) is 0.727. The Morgan fingerprint density at radius 2 is 2.17 bits per heavy atom. The summed E-state index contributed by atoms with van der Waals surface area (Å²) in [6.07, 6.45) is -0.545. The van der Waals surface area contributed by atoms with Gasteiger partial charge in [0, 0.05) is 18.5 Å². The summed E-state index contributed by atoms with van der Waals surface area (Å²) in [4.78, 5) is 3.52. The van der Waals surface area contributed by atoms with Crippen LogP contribution in [0.3, 0.4) is 0 Å². The maximum atomic E-state index is 12.4. The second-order valence-electron chi connectivity index (χ2n) is 4.72. The topological polar surface area (TPSA) is 45.1 Å². The standard InChI is InChI=1S/C11H15F3N2OS/c12-11(13,14)8-6-18-9(16-8)15-7-10(4-5-17)2-1-3-10/h6,17H,1-5,7H2,(H,15,16). The predicted molar refractivity (Wildman–Crippen MR) is 63.6 cm³/mol. The molecule has 18 heavy (non-hydrogen) atoms. The summed E-state index contributed by atoms with van der Waals surface area (Å²) in [7, 11) is 0. The van der Waals surface area contributed by atoms with Crippen molar-refractivity contribution in [1.29, 1.82) is 0 Å². The molecule has 0 aliphatic heterocycles. The molecule has 0 amide bonds. The molecule has 0 radical (unpaired) electrons. The third kappa shape index (κ3) is 2.95. The summed E-state index contributed by atoms with van der Waals surface area (Å²) >= 11 is 0.965. The minimum atomic E-state index is -4.38. The molecular weight excluding hydrogens is 265 g/mol. The number of aliphatic hydroxyl groups excluding tert-OH is 1. The molecule has 2 N–H and O–H groups in total. The largest absolute Gasteiger partial charge is 0.434 e. The monoisotopic (exact) mass is 280 g/mol. The number of thiazole rings is 1. The Morgan fingerprint density at radius 3 is 2.61 bits per heavy atom. The number of aromatic nitrogens is 1. The Morgan fingerprint density at radius 1 is 1.44 bits per heavy atom. The highest BCUT2D eigenvalue weighted by molar-refractivity contribution is 7.13. The molecule has 1 aromatic heterocycles. The van der Waals surface area contributed by atoms with Crippen molar-refractivity contribution in [2.24, 2.45) is 5.41 Å². The van der Waals surface area contributed by atoms with Crippen LogP contribution in [0.1, 0.15) is 31.4 Å². The average molecular weight is 280 g/mol. The van der Waals surface area contributed by atoms with Crippen molar-refractivity contribution in [2.75, 3.05) is 18.5 Å². The highest BCUT2D eigenvalue weighted by atomic mass is 32.1. The summed E-state index contributed by atoms with van der Waals surface area (Å²) in [6.45, 7) is 0.700. The number of alkyl halides is 3. The lowest BCUT2D eigenvalue weighted by Crippen LogP contribution is -2.37. The van der Waals surface area contributed by atoms with Gasteiger partial charge in [0.2, 0.25) is 0 Å². The molecule has 2 rings (SSSR count). The molecule has 1 aromatic rings. The molecule has 3 nitrogen and oxygen atoms in total. The van der Waals surface area contributed by atoms with E-state index in [4.69, 9.17) is 5.11 Å². The molecule has 102 valence electrons. The predicted octanol–water partition coefficient (Wildman–Crippen LogP) is 3.13. The summed E-state index contributed by atoms with van der Waals surface area (Å²) in [5.41, 5.74) is -0.807. The molecule has 0 bridgehead atoms. The quantitative estimate of drug-likeness (QED) is 0.871. The van der Waals surface area contributed by atoms with Crippen LogP contribution in [-0.4, -0.2) is 23.2 Å². The van der Waals surface area contributed by atoms with Crippen molar-refractivity contribution in [3.05, 3.63) is 11.1 Å². The Bertz CT molecular complexity index is 401. The van der Waals surface area contributed by atoms with Crippen LogP contribution in [0.5, 0.6) is 0 Å². The zero-order valence-electron chi connectivity index (χ0n) is 9.76. The van der Waals surface area contributed by atoms with E-state index in [1.54, 1.807) is 0 Å². The molecule has 1 aliphatic carbocycles. The smallest absolute Gasteiger partial charge is 0.396 e. The number of aliphatic hydroxyl groups is 1. The van der Waals surface area contributed by atoms with E-state index in [0.29, 0.717) is 18.1 Å². The van der Waals surface area contributed by atoms with Crippen molar-refractivity contribution in [1.82, 2.24) is 4.98 Å². The van der Waals surface area contributed by atoms with E-state index in [2.05, 4.69) is 10.3 Å². The van der Waals surface area contributed by atoms with Gasteiger partial charge in [-0.3, -0.25) is 0 Å². The van der Waals surface area contributed by atoms with E-state index in [0.717, 1.165) is 36.0 Å². The lowest BCUT2D eigenvalue weighted by atomic mass is 9.67. The van der Waals surface area contributed by atoms with Gasteiger partial charge in [-0.05, 0) is 24.7 Å². The van der Waals surface area contributed by atoms with Gasteiger partial charge in [-0.25, -0.2) is 4.98 Å². The van der Waals surface area contributed by atoms with E-state index in [1.165, 1.54) is 0 Å². The van der Waals surface area contributed by atoms with Gasteiger partial charge in [0.25, 0.3) is 0 Å². The number of halogens is 3. The molecular formula is C11H15F3N2OS. The van der Waals surface area contributed by atoms with Crippen molar-refractivity contribution in [3.63, 3.8) is 0 Å². The first-order chi connectivity index (χ1) is 8.45. The van der Waals surface area contributed by atoms with Gasteiger partial charge in [-0.15, -0.1) is 11.3 Å². The fourth-order valence-electron chi connectivity index (χ4n) is 2.18. The van der Waals surface area contributed by atoms with Crippen LogP contribution >= 0.6 is 11.3 Å². The van der Waals surface area contributed by atoms with E-state index in [-0.39, 0.29) is 12.0 Å². The molecule has 0 aromatic carbocycles. The Balaban J connectivity index is 1.92. The van der Waals surface area contributed by atoms with Crippen molar-refractivity contribution in [3.8, 4) is 0 Å². The molecule has 1 saturated carbocycles. The van der Waals surface area contributed by atoms with E-state index in [1.807, 2.05) is 0 Å². The van der Waals surface area contributed by atoms with E-state index >= 15 is 0 Å². The van der Waals surface area contributed by atoms with Crippen LogP contribution < -0.4 is 5.32 Å². The minimum Gasteiger partial charge on any atom is -0.396 e. The molecule has 7 heteroatoms. The molecule has 1 heterocycles. The molecule has 1 aliphatic rings. The number of hydrogen-bond acceptors (Lipinski definition) is 4. The molecule has 0 atom stereocenters. The fourth-order valence-corrected chi connectivity index (χ4v) is 2.89. The van der Waals surface area contributed by atoms with Gasteiger partial charge < -0.3 is 10.4 Å². The van der Waals surface area contributed by atoms with Gasteiger partial charge in [0.1, 0.15) is 0 Å². The van der Waals surface area contributed by atoms with Crippen molar-refractivity contribution in [2.45, 2.75) is 31.9 Å². The van der Waals surface area contributed by atoms with Crippen LogP contribution in [0.15, 0.2) is 5.38 Å². The van der Waals surface area contributed by atoms with Gasteiger partial charge in [0.05, 0.1) is 0 Å². The third-order valence-electron chi connectivity index (χ3n) is 3.47. The Labute approximate surface area is 107 Å². The lowest BCUT2D eigenvalue weighted by Gasteiger charge is -2.41. The third-order valence-corrected chi connectivity index (χ3v) is 4.27. The van der Waals surface area contributed by atoms with Crippen molar-refractivity contribution >= 4 is 16.5 Å². The van der Waals surface area contributed by atoms with Crippen molar-refractivity contribution < 1.29 is 18.3 Å². The summed E-state index contributed by atoms with van der Waals surface area (Å²) in [6, 6.07) is 0. The van der Waals surface area contributed by atoms with Gasteiger partial charge in [-0.1, -0.05) is 6.42 Å². The van der Waals surface area contributed by atoms with Gasteiger partial charge in [-0.2, -0.15) is 13.2 Å². The first-order valence-corrected chi connectivity index (χ1v) is 6.71. The summed E-state index contributed by atoms with van der Waals surface area (Å²) in [5, 5.41) is 13.3. The Kier molecular flexibility index (Phi) is 3.82. The van der Waals surface area contributed by atoms with Crippen LogP contribution in [0.4, 0.5) is 18.3 Å². The van der Waals surface area contributed by atoms with Crippen LogP contribution in [0.25, 0.3) is 0 Å². The zero-order valence-corrected chi connectivity index (χ0v) is 10.6. The second kappa shape index (κ2) is 5.05. The number of anilines is 1. The first-order valence-electron chi connectivity index (χ1n) is 5.83. The highest BCUT2D eigenvalue weighted by Crippen LogP contribution is 2.44. The zero-order chi connectivity index (χ0) is 13.2. The molecule has 0 spiro atoms. The van der Waals surface area contributed by atoms with Crippen LogP contribution in [-0.2, 0) is 6.18 Å². The van der Waals surface area contributed by atoms with E-state index in [9.17, 15) is 13.2 Å². The van der Waals surface area contributed by atoms with Gasteiger partial charge in [0.15, 0.2) is 10.8 Å². The number of nitrogens with one attached hydrogen (secondary N) is 1. The number of rotatable bonds is 5. The van der Waals surface area contributed by atoms with Crippen LogP contribution in [0.2, 0.25) is 0 Å². The normalized spacial score (nSPS) is 18.4. The number of nitrogens with zero attached hydrogens (tertiary/aromatic N) is 1. The molecule has 0 unspecified atom stereocenters. The average Bonchev–Trinajstić information content (AvgIpc) is 2.70. The molecule has 1 fully saturated rings. The SMILES string of the molecule is OCCC1(CNc2nc(C(F)(F)F)cs2)CCC1. The van der Waals surface area contributed by atoms with Gasteiger partial charge >= 0.3 is 6.18 Å². The number of hydrogen-bond donors (Lipinski definition) is 2.